The van der Waals surface area contributed by atoms with E-state index >= 15 is 0 Å². The van der Waals surface area contributed by atoms with Crippen LogP contribution in [0.25, 0.3) is 0 Å². The van der Waals surface area contributed by atoms with Gasteiger partial charge < -0.3 is 14.6 Å². The average Bonchev–Trinajstić information content (AvgIpc) is 2.68. The van der Waals surface area contributed by atoms with E-state index in [4.69, 9.17) is 4.42 Å². The number of aryl methyl sites for hydroxylation is 1. The summed E-state index contributed by atoms with van der Waals surface area (Å²) < 4.78 is 31.6. The summed E-state index contributed by atoms with van der Waals surface area (Å²) in [6.45, 7) is 3.31. The Hall–Kier alpha value is -0.890. The topological polar surface area (TPSA) is 65.8 Å². The first-order chi connectivity index (χ1) is 8.78. The van der Waals surface area contributed by atoms with Crippen molar-refractivity contribution in [3.63, 3.8) is 0 Å². The highest BCUT2D eigenvalue weighted by Gasteiger charge is 2.25. The summed E-state index contributed by atoms with van der Waals surface area (Å²) in [5, 5.41) is 2.94. The molecule has 0 aliphatic carbocycles. The second-order valence-electron chi connectivity index (χ2n) is 4.79. The van der Waals surface area contributed by atoms with Gasteiger partial charge >= 0.3 is 0 Å². The van der Waals surface area contributed by atoms with Crippen LogP contribution in [0, 0.1) is 6.92 Å². The Labute approximate surface area is 115 Å². The summed E-state index contributed by atoms with van der Waals surface area (Å²) in [7, 11) is 3.72. The van der Waals surface area contributed by atoms with Crippen LogP contribution in [-0.4, -0.2) is 58.9 Å². The Kier molecular flexibility index (Phi) is 5.54. The molecule has 1 aromatic heterocycles. The van der Waals surface area contributed by atoms with E-state index in [1.165, 1.54) is 4.31 Å². The van der Waals surface area contributed by atoms with E-state index in [0.717, 1.165) is 0 Å². The van der Waals surface area contributed by atoms with Gasteiger partial charge in [0, 0.05) is 26.2 Å². The molecule has 0 unspecified atom stereocenters. The largest absolute Gasteiger partial charge is 0.464 e. The fourth-order valence-corrected chi connectivity index (χ4v) is 3.01. The lowest BCUT2D eigenvalue weighted by atomic mass is 10.4. The standard InChI is InChI=1S/C12H23N3O3S/c1-10-12(8-11(18-10)9-13-2)19(16,17)15(5)7-6-14(3)4/h8,13H,6-7,9H2,1-5H3. The van der Waals surface area contributed by atoms with Crippen molar-refractivity contribution in [2.45, 2.75) is 18.4 Å². The molecule has 1 N–H and O–H groups in total. The van der Waals surface area contributed by atoms with E-state index in [0.29, 0.717) is 31.2 Å². The van der Waals surface area contributed by atoms with Gasteiger partial charge in [0.05, 0.1) is 6.54 Å². The van der Waals surface area contributed by atoms with Crippen LogP contribution >= 0.6 is 0 Å². The van der Waals surface area contributed by atoms with Gasteiger partial charge in [-0.1, -0.05) is 0 Å². The van der Waals surface area contributed by atoms with Gasteiger partial charge in [0.1, 0.15) is 16.4 Å². The molecule has 0 saturated heterocycles. The lowest BCUT2D eigenvalue weighted by Gasteiger charge is -2.18. The Morgan fingerprint density at radius 2 is 1.89 bits per heavy atom. The van der Waals surface area contributed by atoms with Crippen molar-refractivity contribution in [3.8, 4) is 0 Å². The SMILES string of the molecule is CNCc1cc(S(=O)(=O)N(C)CCN(C)C)c(C)o1. The summed E-state index contributed by atoms with van der Waals surface area (Å²) in [4.78, 5) is 2.19. The first-order valence-corrected chi connectivity index (χ1v) is 7.58. The highest BCUT2D eigenvalue weighted by atomic mass is 32.2. The van der Waals surface area contributed by atoms with Gasteiger partial charge in [0.25, 0.3) is 0 Å². The zero-order valence-corrected chi connectivity index (χ0v) is 13.0. The maximum atomic E-state index is 12.4. The van der Waals surface area contributed by atoms with E-state index in [2.05, 4.69) is 5.32 Å². The monoisotopic (exact) mass is 289 g/mol. The van der Waals surface area contributed by atoms with Crippen LogP contribution in [0.3, 0.4) is 0 Å². The molecule has 0 spiro atoms. The minimum absolute atomic E-state index is 0.249. The molecule has 0 aliphatic heterocycles. The molecule has 19 heavy (non-hydrogen) atoms. The zero-order valence-electron chi connectivity index (χ0n) is 12.2. The molecule has 7 heteroatoms. The molecule has 0 saturated carbocycles. The molecule has 0 bridgehead atoms. The van der Waals surface area contributed by atoms with Gasteiger partial charge in [-0.2, -0.15) is 4.31 Å². The molecular formula is C12H23N3O3S. The number of hydrogen-bond donors (Lipinski definition) is 1. The number of likely N-dealkylation sites (N-methyl/N-ethyl adjacent to an activating group) is 2. The zero-order chi connectivity index (χ0) is 14.6. The fourth-order valence-electron chi connectivity index (χ4n) is 1.67. The number of nitrogens with one attached hydrogen (secondary N) is 1. The lowest BCUT2D eigenvalue weighted by Crippen LogP contribution is -2.33. The van der Waals surface area contributed by atoms with Crippen molar-refractivity contribution in [2.24, 2.45) is 0 Å². The third-order valence-electron chi connectivity index (χ3n) is 2.82. The molecule has 0 amide bonds. The minimum atomic E-state index is -3.48. The number of sulfonamides is 1. The van der Waals surface area contributed by atoms with Crippen molar-refractivity contribution in [2.75, 3.05) is 41.3 Å². The highest BCUT2D eigenvalue weighted by molar-refractivity contribution is 7.89. The van der Waals surface area contributed by atoms with E-state index in [-0.39, 0.29) is 4.90 Å². The van der Waals surface area contributed by atoms with Crippen LogP contribution in [-0.2, 0) is 16.6 Å². The maximum absolute atomic E-state index is 12.4. The summed E-state index contributed by atoms with van der Waals surface area (Å²) in [5.74, 6) is 1.06. The molecule has 110 valence electrons. The van der Waals surface area contributed by atoms with Crippen molar-refractivity contribution in [3.05, 3.63) is 17.6 Å². The molecule has 1 aromatic rings. The third kappa shape index (κ3) is 4.04. The summed E-state index contributed by atoms with van der Waals surface area (Å²) in [5.41, 5.74) is 0. The predicted octanol–water partition coefficient (Wildman–Crippen LogP) is 0.490. The maximum Gasteiger partial charge on any atom is 0.246 e. The predicted molar refractivity (Wildman–Crippen MR) is 74.6 cm³/mol. The number of nitrogens with zero attached hydrogens (tertiary/aromatic N) is 2. The lowest BCUT2D eigenvalue weighted by molar-refractivity contribution is 0.358. The van der Waals surface area contributed by atoms with Gasteiger partial charge in [-0.15, -0.1) is 0 Å². The van der Waals surface area contributed by atoms with Gasteiger partial charge in [-0.05, 0) is 28.1 Å². The second kappa shape index (κ2) is 6.51. The molecular weight excluding hydrogens is 266 g/mol. The second-order valence-corrected chi connectivity index (χ2v) is 6.81. The smallest absolute Gasteiger partial charge is 0.246 e. The summed E-state index contributed by atoms with van der Waals surface area (Å²) in [6, 6.07) is 1.59. The highest BCUT2D eigenvalue weighted by Crippen LogP contribution is 2.22. The van der Waals surface area contributed by atoms with Crippen molar-refractivity contribution in [1.29, 1.82) is 0 Å². The van der Waals surface area contributed by atoms with Crippen molar-refractivity contribution < 1.29 is 12.8 Å². The average molecular weight is 289 g/mol. The van der Waals surface area contributed by atoms with E-state index in [1.54, 1.807) is 27.1 Å². The van der Waals surface area contributed by atoms with Gasteiger partial charge in [0.2, 0.25) is 10.0 Å². The normalized spacial score (nSPS) is 12.6. The van der Waals surface area contributed by atoms with Crippen molar-refractivity contribution in [1.82, 2.24) is 14.5 Å². The van der Waals surface area contributed by atoms with Gasteiger partial charge in [-0.25, -0.2) is 8.42 Å². The molecule has 0 atom stereocenters. The molecule has 1 heterocycles. The summed E-state index contributed by atoms with van der Waals surface area (Å²) >= 11 is 0. The minimum Gasteiger partial charge on any atom is -0.464 e. The Morgan fingerprint density at radius 1 is 1.26 bits per heavy atom. The van der Waals surface area contributed by atoms with Crippen LogP contribution in [0.15, 0.2) is 15.4 Å². The number of hydrogen-bond acceptors (Lipinski definition) is 5. The molecule has 0 fully saturated rings. The molecule has 0 radical (unpaired) electrons. The number of furan rings is 1. The van der Waals surface area contributed by atoms with Crippen LogP contribution in [0.2, 0.25) is 0 Å². The van der Waals surface area contributed by atoms with Crippen LogP contribution < -0.4 is 5.32 Å². The van der Waals surface area contributed by atoms with E-state index < -0.39 is 10.0 Å². The fraction of sp³-hybridized carbons (Fsp3) is 0.667. The molecule has 0 aromatic carbocycles. The first kappa shape index (κ1) is 16.2. The van der Waals surface area contributed by atoms with Crippen LogP contribution in [0.4, 0.5) is 0 Å². The van der Waals surface area contributed by atoms with E-state index in [1.807, 2.05) is 19.0 Å². The third-order valence-corrected chi connectivity index (χ3v) is 4.79. The Balaban J connectivity index is 2.93. The molecule has 1 rings (SSSR count). The van der Waals surface area contributed by atoms with Gasteiger partial charge in [0.15, 0.2) is 0 Å². The van der Waals surface area contributed by atoms with E-state index in [9.17, 15) is 8.42 Å². The van der Waals surface area contributed by atoms with Gasteiger partial charge in [-0.3, -0.25) is 0 Å². The van der Waals surface area contributed by atoms with Crippen molar-refractivity contribution >= 4 is 10.0 Å². The number of rotatable bonds is 7. The summed E-state index contributed by atoms with van der Waals surface area (Å²) in [6.07, 6.45) is 0. The quantitative estimate of drug-likeness (QED) is 0.791. The molecule has 0 aliphatic rings. The van der Waals surface area contributed by atoms with Crippen LogP contribution in [0.5, 0.6) is 0 Å². The molecule has 6 nitrogen and oxygen atoms in total. The first-order valence-electron chi connectivity index (χ1n) is 6.14. The Morgan fingerprint density at radius 3 is 2.42 bits per heavy atom. The van der Waals surface area contributed by atoms with Crippen LogP contribution in [0.1, 0.15) is 11.5 Å². The Bertz CT molecular complexity index is 508.